The minimum Gasteiger partial charge on any atom is -0.427 e. The van der Waals surface area contributed by atoms with E-state index in [0.29, 0.717) is 5.75 Å². The first-order valence-electron chi connectivity index (χ1n) is 9.35. The smallest absolute Gasteiger partial charge is 0.391 e. The van der Waals surface area contributed by atoms with Crippen molar-refractivity contribution in [2.75, 3.05) is 0 Å². The van der Waals surface area contributed by atoms with Crippen LogP contribution in [0, 0.1) is 0 Å². The highest BCUT2D eigenvalue weighted by Crippen LogP contribution is 2.49. The van der Waals surface area contributed by atoms with E-state index in [2.05, 4.69) is 36.4 Å². The van der Waals surface area contributed by atoms with E-state index in [0.717, 1.165) is 22.3 Å². The molecule has 4 aromatic carbocycles. The molecule has 0 heterocycles. The van der Waals surface area contributed by atoms with Gasteiger partial charge in [0.1, 0.15) is 5.75 Å². The highest BCUT2D eigenvalue weighted by atomic mass is 31.2. The molecule has 144 valence electrons. The van der Waals surface area contributed by atoms with Crippen molar-refractivity contribution in [2.24, 2.45) is 0 Å². The largest absolute Gasteiger partial charge is 0.427 e. The van der Waals surface area contributed by atoms with Gasteiger partial charge in [-0.1, -0.05) is 109 Å². The molecule has 4 heteroatoms. The van der Waals surface area contributed by atoms with E-state index in [1.54, 1.807) is 6.07 Å². The molecule has 0 bridgehead atoms. The molecule has 3 nitrogen and oxygen atoms in total. The maximum absolute atomic E-state index is 9.61. The summed E-state index contributed by atoms with van der Waals surface area (Å²) in [6.07, 6.45) is 0. The second kappa shape index (κ2) is 8.59. The van der Waals surface area contributed by atoms with Crippen LogP contribution < -0.4 is 4.52 Å². The van der Waals surface area contributed by atoms with Gasteiger partial charge < -0.3 is 14.3 Å². The first kappa shape index (κ1) is 19.4. The number of para-hydroxylation sites is 1. The lowest BCUT2D eigenvalue weighted by Gasteiger charge is -2.37. The summed E-state index contributed by atoms with van der Waals surface area (Å²) >= 11 is 0. The van der Waals surface area contributed by atoms with Gasteiger partial charge in [0.25, 0.3) is 0 Å². The van der Waals surface area contributed by atoms with Crippen LogP contribution in [-0.2, 0) is 5.41 Å². The molecule has 0 unspecified atom stereocenters. The van der Waals surface area contributed by atoms with E-state index < -0.39 is 14.0 Å². The first-order valence-corrected chi connectivity index (χ1v) is 10.5. The zero-order valence-electron chi connectivity index (χ0n) is 15.7. The second-order valence-corrected chi connectivity index (χ2v) is 7.38. The fourth-order valence-corrected chi connectivity index (χ4v) is 4.31. The van der Waals surface area contributed by atoms with E-state index in [1.165, 1.54) is 0 Å². The van der Waals surface area contributed by atoms with E-state index in [4.69, 9.17) is 4.52 Å². The van der Waals surface area contributed by atoms with Crippen LogP contribution in [-0.4, -0.2) is 9.79 Å². The third-order valence-corrected chi connectivity index (χ3v) is 5.45. The second-order valence-electron chi connectivity index (χ2n) is 6.69. The Morgan fingerprint density at radius 3 is 1.31 bits per heavy atom. The standard InChI is InChI=1S/C25H21O3P/c26-29(27)28-24-19-11-10-18-23(24)25(20-12-4-1-5-13-20,21-14-6-2-7-15-21)22-16-8-3-9-17-22/h1-19,26-27H. The Bertz CT molecular complexity index is 954. The molecule has 0 atom stereocenters. The van der Waals surface area contributed by atoms with Crippen molar-refractivity contribution in [3.05, 3.63) is 138 Å². The zero-order valence-corrected chi connectivity index (χ0v) is 16.6. The van der Waals surface area contributed by atoms with Crippen LogP contribution in [0.5, 0.6) is 5.75 Å². The number of hydrogen-bond donors (Lipinski definition) is 2. The van der Waals surface area contributed by atoms with E-state index in [9.17, 15) is 9.79 Å². The van der Waals surface area contributed by atoms with Crippen molar-refractivity contribution in [3.63, 3.8) is 0 Å². The topological polar surface area (TPSA) is 49.7 Å². The molecule has 0 fully saturated rings. The van der Waals surface area contributed by atoms with Crippen molar-refractivity contribution >= 4 is 8.60 Å². The van der Waals surface area contributed by atoms with Gasteiger partial charge in [0.15, 0.2) is 0 Å². The van der Waals surface area contributed by atoms with E-state index in [-0.39, 0.29) is 0 Å². The fraction of sp³-hybridized carbons (Fsp3) is 0.0400. The first-order chi connectivity index (χ1) is 14.2. The van der Waals surface area contributed by atoms with Gasteiger partial charge in [-0.25, -0.2) is 0 Å². The molecule has 0 radical (unpaired) electrons. The summed E-state index contributed by atoms with van der Waals surface area (Å²) in [5.74, 6) is 0.445. The van der Waals surface area contributed by atoms with Gasteiger partial charge in [0, 0.05) is 5.56 Å². The van der Waals surface area contributed by atoms with Gasteiger partial charge >= 0.3 is 8.60 Å². The molecule has 0 aliphatic rings. The van der Waals surface area contributed by atoms with Crippen LogP contribution in [0.4, 0.5) is 0 Å². The van der Waals surface area contributed by atoms with Gasteiger partial charge in [0.2, 0.25) is 0 Å². The number of rotatable bonds is 6. The maximum atomic E-state index is 9.61. The van der Waals surface area contributed by atoms with Crippen molar-refractivity contribution < 1.29 is 14.3 Å². The molecule has 0 spiro atoms. The van der Waals surface area contributed by atoms with E-state index in [1.807, 2.05) is 72.8 Å². The predicted octanol–water partition coefficient (Wildman–Crippen LogP) is 5.66. The van der Waals surface area contributed by atoms with Crippen LogP contribution in [0.15, 0.2) is 115 Å². The molecule has 0 aromatic heterocycles. The normalized spacial score (nSPS) is 11.4. The summed E-state index contributed by atoms with van der Waals surface area (Å²) in [6, 6.07) is 38.2. The summed E-state index contributed by atoms with van der Waals surface area (Å²) in [7, 11) is -2.55. The van der Waals surface area contributed by atoms with Crippen LogP contribution in [0.3, 0.4) is 0 Å². The van der Waals surface area contributed by atoms with Crippen molar-refractivity contribution in [1.82, 2.24) is 0 Å². The summed E-state index contributed by atoms with van der Waals surface area (Å²) < 4.78 is 5.49. The Kier molecular flexibility index (Phi) is 5.73. The molecule has 4 rings (SSSR count). The van der Waals surface area contributed by atoms with Gasteiger partial charge in [-0.3, -0.25) is 0 Å². The molecule has 4 aromatic rings. The summed E-state index contributed by atoms with van der Waals surface area (Å²) in [4.78, 5) is 19.2. The molecular formula is C25H21O3P. The Morgan fingerprint density at radius 2 is 0.897 bits per heavy atom. The van der Waals surface area contributed by atoms with Gasteiger partial charge in [-0.2, -0.15) is 0 Å². The quantitative estimate of drug-likeness (QED) is 0.324. The highest BCUT2D eigenvalue weighted by Gasteiger charge is 2.40. The average molecular weight is 400 g/mol. The molecule has 0 saturated carbocycles. The van der Waals surface area contributed by atoms with E-state index >= 15 is 0 Å². The fourth-order valence-electron chi connectivity index (χ4n) is 3.97. The monoisotopic (exact) mass is 400 g/mol. The van der Waals surface area contributed by atoms with Crippen LogP contribution in [0.1, 0.15) is 22.3 Å². The van der Waals surface area contributed by atoms with Gasteiger partial charge in [-0.15, -0.1) is 0 Å². The summed E-state index contributed by atoms with van der Waals surface area (Å²) in [5, 5.41) is 0. The van der Waals surface area contributed by atoms with Crippen molar-refractivity contribution in [2.45, 2.75) is 5.41 Å². The third-order valence-electron chi connectivity index (χ3n) is 5.09. The Balaban J connectivity index is 2.13. The molecule has 0 aliphatic carbocycles. The van der Waals surface area contributed by atoms with Crippen molar-refractivity contribution in [1.29, 1.82) is 0 Å². The maximum Gasteiger partial charge on any atom is 0.391 e. The minimum absolute atomic E-state index is 0.445. The zero-order chi connectivity index (χ0) is 20.1. The molecule has 0 amide bonds. The van der Waals surface area contributed by atoms with Crippen molar-refractivity contribution in [3.8, 4) is 5.75 Å². The predicted molar refractivity (Wildman–Crippen MR) is 117 cm³/mol. The molecule has 0 saturated heterocycles. The number of hydrogen-bond acceptors (Lipinski definition) is 3. The number of benzene rings is 4. The van der Waals surface area contributed by atoms with Crippen LogP contribution >= 0.6 is 8.60 Å². The Hall–Kier alpha value is -2.97. The molecule has 2 N–H and O–H groups in total. The summed E-state index contributed by atoms with van der Waals surface area (Å²) in [5.41, 5.74) is 3.35. The summed E-state index contributed by atoms with van der Waals surface area (Å²) in [6.45, 7) is 0. The van der Waals surface area contributed by atoms with Crippen LogP contribution in [0.2, 0.25) is 0 Å². The SMILES string of the molecule is OP(O)Oc1ccccc1C(c1ccccc1)(c1ccccc1)c1ccccc1. The molecule has 29 heavy (non-hydrogen) atoms. The molecule has 0 aliphatic heterocycles. The third kappa shape index (κ3) is 3.68. The van der Waals surface area contributed by atoms with Gasteiger partial charge in [-0.05, 0) is 22.8 Å². The molecular weight excluding hydrogens is 379 g/mol. The lowest BCUT2D eigenvalue weighted by atomic mass is 9.65. The highest BCUT2D eigenvalue weighted by molar-refractivity contribution is 7.39. The van der Waals surface area contributed by atoms with Gasteiger partial charge in [0.05, 0.1) is 5.41 Å². The lowest BCUT2D eigenvalue weighted by Crippen LogP contribution is -2.31. The Labute approximate surface area is 171 Å². The van der Waals surface area contributed by atoms with Crippen LogP contribution in [0.25, 0.3) is 0 Å². The average Bonchev–Trinajstić information content (AvgIpc) is 2.77. The minimum atomic E-state index is -2.55. The Morgan fingerprint density at radius 1 is 0.517 bits per heavy atom. The lowest BCUT2D eigenvalue weighted by molar-refractivity contribution is 0.372.